The molecule has 0 saturated carbocycles. The Labute approximate surface area is 256 Å². The quantitative estimate of drug-likeness (QED) is 0.406. The number of aromatic nitrogens is 3. The van der Waals surface area contributed by atoms with Crippen molar-refractivity contribution >= 4 is 39.1 Å². The Morgan fingerprint density at radius 3 is 2.71 bits per heavy atom. The number of nitrogens with one attached hydrogen (secondary N) is 1. The second-order valence-corrected chi connectivity index (χ2v) is 14.4. The summed E-state index contributed by atoms with van der Waals surface area (Å²) in [6.07, 6.45) is 8.70. The van der Waals surface area contributed by atoms with Crippen LogP contribution >= 0.6 is 23.2 Å². The van der Waals surface area contributed by atoms with Crippen LogP contribution in [0.5, 0.6) is 0 Å². The molecule has 6 rings (SSSR count). The van der Waals surface area contributed by atoms with Gasteiger partial charge >= 0.3 is 0 Å². The van der Waals surface area contributed by atoms with Crippen LogP contribution in [0.25, 0.3) is 0 Å². The van der Waals surface area contributed by atoms with Crippen molar-refractivity contribution in [1.82, 2.24) is 29.5 Å². The van der Waals surface area contributed by atoms with Gasteiger partial charge in [0.1, 0.15) is 6.04 Å². The average Bonchev–Trinajstić information content (AvgIpc) is 3.43. The Balaban J connectivity index is 1.24. The Morgan fingerprint density at radius 1 is 1.10 bits per heavy atom. The second kappa shape index (κ2) is 11.6. The number of rotatable bonds is 7. The van der Waals surface area contributed by atoms with E-state index in [9.17, 15) is 13.2 Å². The number of fused-ring (bicyclic) bond motifs is 3. The SMILES string of the molecule is CC(C)CN1CCc2c(ccc3c2CCC[C@H]3n2cc(C[C@@H]3C(=O)NC=CN3S(=O)(=O)c3ccc(Cl)c(Cl)c3)nn2)C1. The minimum absolute atomic E-state index is 0.0464. The molecule has 1 aromatic heterocycles. The van der Waals surface area contributed by atoms with Crippen molar-refractivity contribution in [3.8, 4) is 0 Å². The third kappa shape index (κ3) is 5.57. The van der Waals surface area contributed by atoms with Crippen molar-refractivity contribution in [2.45, 2.75) is 69.5 Å². The van der Waals surface area contributed by atoms with Gasteiger partial charge in [-0.25, -0.2) is 13.1 Å². The summed E-state index contributed by atoms with van der Waals surface area (Å²) >= 11 is 12.1. The zero-order chi connectivity index (χ0) is 29.6. The van der Waals surface area contributed by atoms with E-state index in [1.54, 1.807) is 0 Å². The number of halogens is 2. The van der Waals surface area contributed by atoms with E-state index in [1.165, 1.54) is 52.9 Å². The van der Waals surface area contributed by atoms with Crippen LogP contribution in [0, 0.1) is 5.92 Å². The van der Waals surface area contributed by atoms with Crippen LogP contribution < -0.4 is 5.32 Å². The molecule has 0 bridgehead atoms. The smallest absolute Gasteiger partial charge is 0.264 e. The molecule has 0 spiro atoms. The van der Waals surface area contributed by atoms with E-state index >= 15 is 0 Å². The summed E-state index contributed by atoms with van der Waals surface area (Å²) < 4.78 is 30.0. The van der Waals surface area contributed by atoms with Crippen LogP contribution in [0.2, 0.25) is 10.0 Å². The van der Waals surface area contributed by atoms with Gasteiger partial charge in [0.2, 0.25) is 5.91 Å². The Bertz CT molecular complexity index is 1650. The maximum Gasteiger partial charge on any atom is 0.264 e. The fourth-order valence-corrected chi connectivity index (χ4v) is 8.29. The molecule has 2 aromatic carbocycles. The van der Waals surface area contributed by atoms with Crippen molar-refractivity contribution in [2.75, 3.05) is 13.1 Å². The van der Waals surface area contributed by atoms with Gasteiger partial charge < -0.3 is 5.32 Å². The molecule has 3 heterocycles. The summed E-state index contributed by atoms with van der Waals surface area (Å²) in [7, 11) is -4.09. The summed E-state index contributed by atoms with van der Waals surface area (Å²) in [5.41, 5.74) is 6.19. The van der Waals surface area contributed by atoms with E-state index in [0.717, 1.165) is 49.6 Å². The van der Waals surface area contributed by atoms with Gasteiger partial charge in [-0.2, -0.15) is 0 Å². The normalized spacial score (nSPS) is 20.9. The predicted octanol–water partition coefficient (Wildman–Crippen LogP) is 4.73. The monoisotopic (exact) mass is 628 g/mol. The molecule has 1 N–H and O–H groups in total. The molecule has 3 aliphatic rings. The first-order valence-corrected chi connectivity index (χ1v) is 16.5. The molecular weight excluding hydrogens is 595 g/mol. The van der Waals surface area contributed by atoms with Crippen LogP contribution in [0.3, 0.4) is 0 Å². The van der Waals surface area contributed by atoms with Gasteiger partial charge in [0, 0.05) is 44.7 Å². The number of benzene rings is 2. The molecule has 0 radical (unpaired) electrons. The van der Waals surface area contributed by atoms with E-state index in [4.69, 9.17) is 23.2 Å². The molecule has 1 amide bonds. The van der Waals surface area contributed by atoms with Gasteiger partial charge in [0.05, 0.1) is 26.7 Å². The highest BCUT2D eigenvalue weighted by atomic mass is 35.5. The number of nitrogens with zero attached hydrogens (tertiary/aromatic N) is 5. The maximum absolute atomic E-state index is 13.5. The first-order valence-electron chi connectivity index (χ1n) is 14.3. The Morgan fingerprint density at radius 2 is 1.93 bits per heavy atom. The molecule has 2 aliphatic heterocycles. The number of carbonyl (C=O) groups excluding carboxylic acids is 1. The minimum atomic E-state index is -4.09. The molecular formula is C30H34Cl2N6O3S. The first-order chi connectivity index (χ1) is 20.1. The Hall–Kier alpha value is -2.92. The largest absolute Gasteiger partial charge is 0.329 e. The van der Waals surface area contributed by atoms with Gasteiger partial charge in [-0.15, -0.1) is 5.10 Å². The predicted molar refractivity (Wildman–Crippen MR) is 162 cm³/mol. The number of amides is 1. The van der Waals surface area contributed by atoms with Crippen LogP contribution in [0.1, 0.15) is 60.7 Å². The zero-order valence-corrected chi connectivity index (χ0v) is 26.0. The van der Waals surface area contributed by atoms with Crippen molar-refractivity contribution in [1.29, 1.82) is 0 Å². The van der Waals surface area contributed by atoms with Crippen LogP contribution in [-0.2, 0) is 40.6 Å². The van der Waals surface area contributed by atoms with E-state index in [0.29, 0.717) is 11.6 Å². The number of sulfonamides is 1. The third-order valence-electron chi connectivity index (χ3n) is 8.33. The van der Waals surface area contributed by atoms with Crippen LogP contribution in [0.15, 0.2) is 53.8 Å². The Kier molecular flexibility index (Phi) is 8.08. The fourth-order valence-electron chi connectivity index (χ4n) is 6.45. The van der Waals surface area contributed by atoms with Crippen LogP contribution in [-0.4, -0.2) is 57.7 Å². The minimum Gasteiger partial charge on any atom is -0.329 e. The molecule has 42 heavy (non-hydrogen) atoms. The van der Waals surface area contributed by atoms with E-state index in [1.807, 2.05) is 10.9 Å². The summed E-state index contributed by atoms with van der Waals surface area (Å²) in [6, 6.07) is 7.62. The van der Waals surface area contributed by atoms with Crippen molar-refractivity contribution in [3.05, 3.63) is 86.9 Å². The number of carbonyl (C=O) groups is 1. The van der Waals surface area contributed by atoms with Crippen molar-refractivity contribution < 1.29 is 13.2 Å². The van der Waals surface area contributed by atoms with Gasteiger partial charge in [0.25, 0.3) is 10.0 Å². The average molecular weight is 630 g/mol. The number of hydrogen-bond acceptors (Lipinski definition) is 6. The molecule has 3 aromatic rings. The molecule has 12 heteroatoms. The lowest BCUT2D eigenvalue weighted by Gasteiger charge is -2.34. The molecule has 0 fully saturated rings. The number of hydrogen-bond donors (Lipinski definition) is 1. The molecule has 222 valence electrons. The van der Waals surface area contributed by atoms with Crippen LogP contribution in [0.4, 0.5) is 0 Å². The van der Waals surface area contributed by atoms with Gasteiger partial charge in [-0.1, -0.05) is 54.4 Å². The molecule has 0 saturated heterocycles. The van der Waals surface area contributed by atoms with Gasteiger partial charge in [0.15, 0.2) is 0 Å². The third-order valence-corrected chi connectivity index (χ3v) is 10.8. The summed E-state index contributed by atoms with van der Waals surface area (Å²) in [6.45, 7) is 7.73. The lowest BCUT2D eigenvalue weighted by atomic mass is 9.81. The van der Waals surface area contributed by atoms with Crippen molar-refractivity contribution in [3.63, 3.8) is 0 Å². The second-order valence-electron chi connectivity index (χ2n) is 11.7. The lowest BCUT2D eigenvalue weighted by molar-refractivity contribution is -0.124. The topological polar surface area (TPSA) is 100 Å². The lowest BCUT2D eigenvalue weighted by Crippen LogP contribution is -2.50. The molecule has 9 nitrogen and oxygen atoms in total. The summed E-state index contributed by atoms with van der Waals surface area (Å²) in [4.78, 5) is 15.4. The summed E-state index contributed by atoms with van der Waals surface area (Å²) in [5.74, 6) is 0.200. The van der Waals surface area contributed by atoms with E-state index < -0.39 is 22.0 Å². The zero-order valence-electron chi connectivity index (χ0n) is 23.6. The van der Waals surface area contributed by atoms with Gasteiger partial charge in [-0.3, -0.25) is 14.0 Å². The maximum atomic E-state index is 13.5. The molecule has 1 aliphatic carbocycles. The summed E-state index contributed by atoms with van der Waals surface area (Å²) in [5, 5.41) is 11.8. The first kappa shape index (κ1) is 29.2. The standard InChI is InChI=1S/C30H34Cl2N6O3S/c1-19(2)16-36-12-10-23-20(17-36)6-8-25-24(23)4-3-5-28(25)37-18-21(34-35-37)14-29-30(39)33-11-13-38(29)42(40,41)22-7-9-26(31)27(32)15-22/h6-9,11,13,15,18-19,28-29H,3-5,10,12,14,16-17H2,1-2H3,(H,33,39)/t28-,29-/m1/s1. The van der Waals surface area contributed by atoms with E-state index in [2.05, 4.69) is 46.5 Å². The molecule has 0 unspecified atom stereocenters. The highest BCUT2D eigenvalue weighted by Gasteiger charge is 2.37. The van der Waals surface area contributed by atoms with Gasteiger partial charge in [-0.05, 0) is 72.1 Å². The highest BCUT2D eigenvalue weighted by molar-refractivity contribution is 7.89. The fraction of sp³-hybridized carbons (Fsp3) is 0.433. The van der Waals surface area contributed by atoms with Crippen molar-refractivity contribution in [2.24, 2.45) is 5.92 Å². The van der Waals surface area contributed by atoms with E-state index in [-0.39, 0.29) is 27.4 Å². The molecule has 2 atom stereocenters. The highest BCUT2D eigenvalue weighted by Crippen LogP contribution is 2.37.